The molecule has 6 heteroatoms. The van der Waals surface area contributed by atoms with Crippen LogP contribution in [0.4, 0.5) is 0 Å². The SMILES string of the molecule is Cc1occc1C(=O)N(CCC(=O)N1CCN(C(c2ccccc2)c2ccccc2)CC1)Cc1ccccc1. The van der Waals surface area contributed by atoms with Crippen LogP contribution in [0, 0.1) is 6.92 Å². The Bertz CT molecular complexity index is 1310. The van der Waals surface area contributed by atoms with Crippen LogP contribution in [0.2, 0.25) is 0 Å². The number of aryl methyl sites for hydroxylation is 1. The Morgan fingerprint density at radius 1 is 0.795 bits per heavy atom. The fourth-order valence-electron chi connectivity index (χ4n) is 5.34. The summed E-state index contributed by atoms with van der Waals surface area (Å²) in [6, 6.07) is 32.9. The van der Waals surface area contributed by atoms with Crippen molar-refractivity contribution in [3.8, 4) is 0 Å². The monoisotopic (exact) mass is 521 g/mol. The number of hydrogen-bond acceptors (Lipinski definition) is 4. The van der Waals surface area contributed by atoms with Crippen molar-refractivity contribution in [2.45, 2.75) is 25.9 Å². The number of rotatable bonds is 9. The largest absolute Gasteiger partial charge is 0.469 e. The minimum atomic E-state index is -0.115. The molecular formula is C33H35N3O3. The summed E-state index contributed by atoms with van der Waals surface area (Å²) < 4.78 is 5.37. The van der Waals surface area contributed by atoms with Crippen molar-refractivity contribution in [1.82, 2.24) is 14.7 Å². The molecule has 0 saturated carbocycles. The number of nitrogens with zero attached hydrogens (tertiary/aromatic N) is 3. The van der Waals surface area contributed by atoms with Crippen LogP contribution in [-0.4, -0.2) is 59.2 Å². The van der Waals surface area contributed by atoms with Crippen LogP contribution >= 0.6 is 0 Å². The Morgan fingerprint density at radius 2 is 1.36 bits per heavy atom. The second kappa shape index (κ2) is 12.6. The summed E-state index contributed by atoms with van der Waals surface area (Å²) in [6.45, 7) is 5.51. The van der Waals surface area contributed by atoms with Gasteiger partial charge in [0.1, 0.15) is 5.76 Å². The summed E-state index contributed by atoms with van der Waals surface area (Å²) >= 11 is 0. The van der Waals surface area contributed by atoms with Crippen LogP contribution in [0.5, 0.6) is 0 Å². The molecule has 0 spiro atoms. The first kappa shape index (κ1) is 26.4. The first-order chi connectivity index (χ1) is 19.1. The van der Waals surface area contributed by atoms with Gasteiger partial charge in [-0.2, -0.15) is 0 Å². The van der Waals surface area contributed by atoms with Gasteiger partial charge in [0.25, 0.3) is 5.91 Å². The molecule has 1 saturated heterocycles. The number of amides is 2. The van der Waals surface area contributed by atoms with E-state index in [1.165, 1.54) is 17.4 Å². The van der Waals surface area contributed by atoms with E-state index < -0.39 is 0 Å². The lowest BCUT2D eigenvalue weighted by molar-refractivity contribution is -0.133. The Labute approximate surface area is 230 Å². The molecule has 0 atom stereocenters. The third-order valence-electron chi connectivity index (χ3n) is 7.45. The predicted molar refractivity (Wildman–Crippen MR) is 152 cm³/mol. The number of piperazine rings is 1. The van der Waals surface area contributed by atoms with E-state index in [1.54, 1.807) is 17.9 Å². The molecule has 0 unspecified atom stereocenters. The van der Waals surface area contributed by atoms with E-state index in [0.717, 1.165) is 18.7 Å². The van der Waals surface area contributed by atoms with Crippen LogP contribution in [0.1, 0.15) is 45.3 Å². The summed E-state index contributed by atoms with van der Waals surface area (Å²) in [5, 5.41) is 0. The number of furan rings is 1. The normalized spacial score (nSPS) is 13.9. The van der Waals surface area contributed by atoms with Gasteiger partial charge in [0.15, 0.2) is 0 Å². The second-order valence-electron chi connectivity index (χ2n) is 9.99. The standard InChI is InChI=1S/C33H35N3O3/c1-26-30(18-24-39-26)33(38)36(25-27-11-5-2-6-12-27)19-17-31(37)34-20-22-35(23-21-34)32(28-13-7-3-8-14-28)29-15-9-4-10-16-29/h2-16,18,24,32H,17,19-23,25H2,1H3. The average molecular weight is 522 g/mol. The molecule has 2 heterocycles. The fourth-order valence-corrected chi connectivity index (χ4v) is 5.34. The summed E-state index contributed by atoms with van der Waals surface area (Å²) in [5.41, 5.74) is 4.09. The quantitative estimate of drug-likeness (QED) is 0.290. The van der Waals surface area contributed by atoms with Crippen molar-refractivity contribution in [2.75, 3.05) is 32.7 Å². The summed E-state index contributed by atoms with van der Waals surface area (Å²) in [5.74, 6) is 0.559. The minimum Gasteiger partial charge on any atom is -0.469 e. The van der Waals surface area contributed by atoms with Gasteiger partial charge in [-0.15, -0.1) is 0 Å². The van der Waals surface area contributed by atoms with Gasteiger partial charge in [-0.05, 0) is 29.7 Å². The third kappa shape index (κ3) is 6.47. The highest BCUT2D eigenvalue weighted by molar-refractivity contribution is 5.95. The topological polar surface area (TPSA) is 57.0 Å². The van der Waals surface area contributed by atoms with Crippen LogP contribution < -0.4 is 0 Å². The molecule has 0 radical (unpaired) electrons. The fraction of sp³-hybridized carbons (Fsp3) is 0.273. The van der Waals surface area contributed by atoms with Crippen LogP contribution in [0.25, 0.3) is 0 Å². The van der Waals surface area contributed by atoms with Gasteiger partial charge in [0.2, 0.25) is 5.91 Å². The molecule has 3 aromatic carbocycles. The second-order valence-corrected chi connectivity index (χ2v) is 9.99. The van der Waals surface area contributed by atoms with E-state index in [2.05, 4.69) is 53.4 Å². The zero-order valence-electron chi connectivity index (χ0n) is 22.4. The molecule has 1 aromatic heterocycles. The predicted octanol–water partition coefficient (Wildman–Crippen LogP) is 5.55. The maximum atomic E-state index is 13.3. The van der Waals surface area contributed by atoms with Crippen molar-refractivity contribution in [3.05, 3.63) is 131 Å². The number of hydrogen-bond donors (Lipinski definition) is 0. The summed E-state index contributed by atoms with van der Waals surface area (Å²) in [4.78, 5) is 32.8. The highest BCUT2D eigenvalue weighted by atomic mass is 16.3. The smallest absolute Gasteiger partial charge is 0.257 e. The van der Waals surface area contributed by atoms with E-state index in [9.17, 15) is 9.59 Å². The van der Waals surface area contributed by atoms with Crippen LogP contribution in [0.3, 0.4) is 0 Å². The number of carbonyl (C=O) groups is 2. The Hall–Kier alpha value is -4.16. The molecule has 200 valence electrons. The van der Waals surface area contributed by atoms with Crippen molar-refractivity contribution in [3.63, 3.8) is 0 Å². The molecule has 0 bridgehead atoms. The molecule has 6 nitrogen and oxygen atoms in total. The van der Waals surface area contributed by atoms with Crippen molar-refractivity contribution < 1.29 is 14.0 Å². The van der Waals surface area contributed by atoms with E-state index in [1.807, 2.05) is 47.4 Å². The zero-order valence-corrected chi connectivity index (χ0v) is 22.4. The highest BCUT2D eigenvalue weighted by Crippen LogP contribution is 2.29. The van der Waals surface area contributed by atoms with E-state index >= 15 is 0 Å². The molecule has 0 aliphatic carbocycles. The molecule has 2 amide bonds. The first-order valence-electron chi connectivity index (χ1n) is 13.6. The molecule has 0 N–H and O–H groups in total. The molecule has 1 fully saturated rings. The van der Waals surface area contributed by atoms with Gasteiger partial charge < -0.3 is 14.2 Å². The van der Waals surface area contributed by atoms with Crippen molar-refractivity contribution in [2.24, 2.45) is 0 Å². The summed E-state index contributed by atoms with van der Waals surface area (Å²) in [6.07, 6.45) is 1.82. The first-order valence-corrected chi connectivity index (χ1v) is 13.6. The maximum absolute atomic E-state index is 13.3. The van der Waals surface area contributed by atoms with Gasteiger partial charge in [0.05, 0.1) is 17.9 Å². The lowest BCUT2D eigenvalue weighted by atomic mass is 9.96. The molecule has 5 rings (SSSR count). The summed E-state index contributed by atoms with van der Waals surface area (Å²) in [7, 11) is 0. The van der Waals surface area contributed by atoms with Gasteiger partial charge in [-0.3, -0.25) is 14.5 Å². The Kier molecular flexibility index (Phi) is 8.54. The number of benzene rings is 3. The maximum Gasteiger partial charge on any atom is 0.257 e. The Balaban J connectivity index is 1.23. The Morgan fingerprint density at radius 3 is 1.90 bits per heavy atom. The molecule has 1 aliphatic heterocycles. The van der Waals surface area contributed by atoms with Crippen LogP contribution in [0.15, 0.2) is 108 Å². The van der Waals surface area contributed by atoms with E-state index in [4.69, 9.17) is 4.42 Å². The van der Waals surface area contributed by atoms with Gasteiger partial charge in [-0.25, -0.2) is 0 Å². The van der Waals surface area contributed by atoms with E-state index in [-0.39, 0.29) is 24.3 Å². The molecule has 1 aliphatic rings. The van der Waals surface area contributed by atoms with Crippen molar-refractivity contribution >= 4 is 11.8 Å². The lowest BCUT2D eigenvalue weighted by Crippen LogP contribution is -2.50. The van der Waals surface area contributed by atoms with Gasteiger partial charge in [0, 0.05) is 45.7 Å². The van der Waals surface area contributed by atoms with Gasteiger partial charge >= 0.3 is 0 Å². The van der Waals surface area contributed by atoms with E-state index in [0.29, 0.717) is 37.5 Å². The minimum absolute atomic E-state index is 0.0837. The third-order valence-corrected chi connectivity index (χ3v) is 7.45. The zero-order chi connectivity index (χ0) is 27.0. The highest BCUT2D eigenvalue weighted by Gasteiger charge is 2.29. The molecule has 4 aromatic rings. The number of carbonyl (C=O) groups excluding carboxylic acids is 2. The van der Waals surface area contributed by atoms with Gasteiger partial charge in [-0.1, -0.05) is 91.0 Å². The lowest BCUT2D eigenvalue weighted by Gasteiger charge is -2.40. The molecule has 39 heavy (non-hydrogen) atoms. The van der Waals surface area contributed by atoms with Crippen molar-refractivity contribution in [1.29, 1.82) is 0 Å². The average Bonchev–Trinajstić information content (AvgIpc) is 3.42. The molecular weight excluding hydrogens is 486 g/mol. The van der Waals surface area contributed by atoms with Crippen LogP contribution in [-0.2, 0) is 11.3 Å².